The van der Waals surface area contributed by atoms with Gasteiger partial charge in [0.15, 0.2) is 5.78 Å². The number of ketones is 1. The zero-order valence-electron chi connectivity index (χ0n) is 13.6. The van der Waals surface area contributed by atoms with Gasteiger partial charge in [0, 0.05) is 25.5 Å². The number of unbranched alkanes of at least 4 members (excludes halogenated alkanes) is 5. The molecule has 130 valence electrons. The molecular weight excluding hydrogens is 296 g/mol. The number of allylic oxidation sites excluding steroid dienone is 4. The van der Waals surface area contributed by atoms with Gasteiger partial charge in [0.2, 0.25) is 0 Å². The molecule has 0 unspecified atom stereocenters. The first-order chi connectivity index (χ1) is 11.1. The van der Waals surface area contributed by atoms with Crippen molar-refractivity contribution in [3.05, 3.63) is 36.1 Å². The maximum atomic E-state index is 11.5. The largest absolute Gasteiger partial charge is 0.508 e. The van der Waals surface area contributed by atoms with E-state index in [4.69, 9.17) is 10.2 Å². The fourth-order valence-electron chi connectivity index (χ4n) is 1.94. The van der Waals surface area contributed by atoms with Gasteiger partial charge in [-0.05, 0) is 31.8 Å². The number of aliphatic carboxylic acids is 1. The fraction of sp³-hybridized carbons (Fsp3) is 0.556. The molecule has 0 radical (unpaired) electrons. The molecule has 23 heavy (non-hydrogen) atoms. The molecule has 0 saturated heterocycles. The lowest BCUT2D eigenvalue weighted by molar-refractivity contribution is -0.137. The summed E-state index contributed by atoms with van der Waals surface area (Å²) in [6, 6.07) is 0. The SMILES string of the molecule is O=C(O)CCCCCCC/C=C/CC(=O)/C=C(O)/C=C/CCO. The highest BCUT2D eigenvalue weighted by atomic mass is 16.4. The van der Waals surface area contributed by atoms with E-state index in [1.807, 2.05) is 6.08 Å². The summed E-state index contributed by atoms with van der Waals surface area (Å²) in [6.45, 7) is 0.0139. The summed E-state index contributed by atoms with van der Waals surface area (Å²) >= 11 is 0. The van der Waals surface area contributed by atoms with Crippen LogP contribution >= 0.6 is 0 Å². The summed E-state index contributed by atoms with van der Waals surface area (Å²) in [6.07, 6.45) is 14.6. The van der Waals surface area contributed by atoms with Crippen LogP contribution in [0.5, 0.6) is 0 Å². The van der Waals surface area contributed by atoms with Crippen molar-refractivity contribution in [1.82, 2.24) is 0 Å². The van der Waals surface area contributed by atoms with Crippen molar-refractivity contribution in [2.45, 2.75) is 57.8 Å². The molecular formula is C18H28O5. The van der Waals surface area contributed by atoms with Gasteiger partial charge in [-0.25, -0.2) is 0 Å². The maximum absolute atomic E-state index is 11.5. The average molecular weight is 324 g/mol. The summed E-state index contributed by atoms with van der Waals surface area (Å²) in [4.78, 5) is 21.9. The number of aliphatic hydroxyl groups is 2. The highest BCUT2D eigenvalue weighted by Gasteiger charge is 1.97. The number of carboxylic acid groups (broad SMARTS) is 1. The summed E-state index contributed by atoms with van der Waals surface area (Å²) in [5.74, 6) is -0.999. The molecule has 0 aliphatic carbocycles. The van der Waals surface area contributed by atoms with E-state index in [0.717, 1.165) is 38.5 Å². The molecule has 0 amide bonds. The van der Waals surface area contributed by atoms with Crippen molar-refractivity contribution in [2.24, 2.45) is 0 Å². The molecule has 3 N–H and O–H groups in total. The van der Waals surface area contributed by atoms with Crippen LogP contribution in [0.4, 0.5) is 0 Å². The fourth-order valence-corrected chi connectivity index (χ4v) is 1.94. The van der Waals surface area contributed by atoms with E-state index in [1.54, 1.807) is 12.2 Å². The molecule has 0 aliphatic rings. The summed E-state index contributed by atoms with van der Waals surface area (Å²) in [5.41, 5.74) is 0. The Balaban J connectivity index is 3.64. The first-order valence-corrected chi connectivity index (χ1v) is 8.14. The van der Waals surface area contributed by atoms with E-state index in [2.05, 4.69) is 0 Å². The average Bonchev–Trinajstić information content (AvgIpc) is 2.49. The number of aliphatic hydroxyl groups excluding tert-OH is 2. The smallest absolute Gasteiger partial charge is 0.303 e. The Bertz CT molecular complexity index is 421. The zero-order valence-corrected chi connectivity index (χ0v) is 13.6. The van der Waals surface area contributed by atoms with Crippen LogP contribution in [0.15, 0.2) is 36.1 Å². The molecule has 0 fully saturated rings. The molecule has 0 aromatic heterocycles. The van der Waals surface area contributed by atoms with E-state index in [-0.39, 0.29) is 31.0 Å². The quantitative estimate of drug-likeness (QED) is 0.149. The molecule has 0 rings (SSSR count). The predicted molar refractivity (Wildman–Crippen MR) is 90.3 cm³/mol. The van der Waals surface area contributed by atoms with Crippen molar-refractivity contribution in [2.75, 3.05) is 6.61 Å². The Morgan fingerprint density at radius 2 is 1.52 bits per heavy atom. The van der Waals surface area contributed by atoms with Crippen LogP contribution in [-0.4, -0.2) is 33.7 Å². The van der Waals surface area contributed by atoms with Gasteiger partial charge in [0.05, 0.1) is 0 Å². The minimum Gasteiger partial charge on any atom is -0.508 e. The second-order valence-corrected chi connectivity index (χ2v) is 5.33. The van der Waals surface area contributed by atoms with Gasteiger partial charge in [0.25, 0.3) is 0 Å². The van der Waals surface area contributed by atoms with Crippen LogP contribution in [0.1, 0.15) is 57.8 Å². The topological polar surface area (TPSA) is 94.8 Å². The Labute approximate surface area is 138 Å². The van der Waals surface area contributed by atoms with Crippen LogP contribution in [0, 0.1) is 0 Å². The van der Waals surface area contributed by atoms with Crippen LogP contribution in [0.2, 0.25) is 0 Å². The van der Waals surface area contributed by atoms with Gasteiger partial charge in [-0.3, -0.25) is 9.59 Å². The van der Waals surface area contributed by atoms with E-state index in [0.29, 0.717) is 6.42 Å². The Kier molecular flexibility index (Phi) is 13.8. The van der Waals surface area contributed by atoms with Gasteiger partial charge in [-0.2, -0.15) is 0 Å². The van der Waals surface area contributed by atoms with Gasteiger partial charge < -0.3 is 15.3 Å². The highest BCUT2D eigenvalue weighted by Crippen LogP contribution is 2.08. The lowest BCUT2D eigenvalue weighted by Crippen LogP contribution is -1.93. The van der Waals surface area contributed by atoms with Crippen LogP contribution in [0.3, 0.4) is 0 Å². The van der Waals surface area contributed by atoms with E-state index in [1.165, 1.54) is 12.2 Å². The molecule has 5 nitrogen and oxygen atoms in total. The highest BCUT2D eigenvalue weighted by molar-refractivity contribution is 5.91. The Morgan fingerprint density at radius 3 is 2.22 bits per heavy atom. The third-order valence-electron chi connectivity index (χ3n) is 3.14. The second kappa shape index (κ2) is 15.0. The van der Waals surface area contributed by atoms with Gasteiger partial charge in [0.1, 0.15) is 5.76 Å². The minimum atomic E-state index is -0.735. The van der Waals surface area contributed by atoms with E-state index in [9.17, 15) is 14.7 Å². The molecule has 5 heteroatoms. The van der Waals surface area contributed by atoms with Crippen LogP contribution < -0.4 is 0 Å². The van der Waals surface area contributed by atoms with Crippen LogP contribution in [-0.2, 0) is 9.59 Å². The molecule has 0 atom stereocenters. The first kappa shape index (κ1) is 21.1. The Morgan fingerprint density at radius 1 is 0.826 bits per heavy atom. The number of carbonyl (C=O) groups excluding carboxylic acids is 1. The van der Waals surface area contributed by atoms with Crippen LogP contribution in [0.25, 0.3) is 0 Å². The Hall–Kier alpha value is -1.88. The van der Waals surface area contributed by atoms with Gasteiger partial charge in [-0.15, -0.1) is 0 Å². The maximum Gasteiger partial charge on any atom is 0.303 e. The molecule has 0 aromatic rings. The van der Waals surface area contributed by atoms with Gasteiger partial charge in [-0.1, -0.05) is 37.5 Å². The second-order valence-electron chi connectivity index (χ2n) is 5.33. The van der Waals surface area contributed by atoms with Crippen molar-refractivity contribution >= 4 is 11.8 Å². The minimum absolute atomic E-state index is 0.0139. The lowest BCUT2D eigenvalue weighted by atomic mass is 10.1. The van der Waals surface area contributed by atoms with Crippen molar-refractivity contribution < 1.29 is 24.9 Å². The predicted octanol–water partition coefficient (Wildman–Crippen LogP) is 3.70. The standard InChI is InChI=1S/C18H28O5/c19-14-10-9-12-17(21)15-16(20)11-7-5-3-1-2-4-6-8-13-18(22)23/h5,7,9,12,15,19,21H,1-4,6,8,10-11,13-14H2,(H,22,23)/b7-5+,12-9+,17-15-. The summed E-state index contributed by atoms with van der Waals surface area (Å²) < 4.78 is 0. The number of carbonyl (C=O) groups is 2. The third kappa shape index (κ3) is 16.3. The number of carboxylic acids is 1. The monoisotopic (exact) mass is 324 g/mol. The lowest BCUT2D eigenvalue weighted by Gasteiger charge is -1.98. The van der Waals surface area contributed by atoms with E-state index < -0.39 is 5.97 Å². The number of hydrogen-bond acceptors (Lipinski definition) is 4. The number of hydrogen-bond donors (Lipinski definition) is 3. The first-order valence-electron chi connectivity index (χ1n) is 8.14. The van der Waals surface area contributed by atoms with Gasteiger partial charge >= 0.3 is 5.97 Å². The molecule has 0 bridgehead atoms. The number of rotatable bonds is 14. The summed E-state index contributed by atoms with van der Waals surface area (Å²) in [7, 11) is 0. The van der Waals surface area contributed by atoms with Crippen molar-refractivity contribution in [3.8, 4) is 0 Å². The molecule has 0 aromatic carbocycles. The zero-order chi connectivity index (χ0) is 17.3. The molecule has 0 spiro atoms. The molecule has 0 aliphatic heterocycles. The van der Waals surface area contributed by atoms with E-state index >= 15 is 0 Å². The van der Waals surface area contributed by atoms with Crippen molar-refractivity contribution in [3.63, 3.8) is 0 Å². The van der Waals surface area contributed by atoms with Crippen molar-refractivity contribution in [1.29, 1.82) is 0 Å². The summed E-state index contributed by atoms with van der Waals surface area (Å²) in [5, 5.41) is 26.5. The normalized spacial score (nSPS) is 12.3. The third-order valence-corrected chi connectivity index (χ3v) is 3.14. The molecule has 0 heterocycles. The molecule has 0 saturated carbocycles.